The van der Waals surface area contributed by atoms with E-state index in [1.165, 1.54) is 87.7 Å². The van der Waals surface area contributed by atoms with Crippen LogP contribution in [0.15, 0.2) is 10.5 Å². The van der Waals surface area contributed by atoms with Crippen LogP contribution >= 0.6 is 15.9 Å². The Bertz CT molecular complexity index is 213. The van der Waals surface area contributed by atoms with Crippen LogP contribution in [0, 0.1) is 0 Å². The lowest BCUT2D eigenvalue weighted by Crippen LogP contribution is -2.13. The van der Waals surface area contributed by atoms with Crippen LogP contribution in [-0.2, 0) is 0 Å². The maximum Gasteiger partial charge on any atom is 0.184 e. The molecule has 0 rings (SSSR count). The Kier molecular flexibility index (Phi) is 15.9. The Labute approximate surface area is 137 Å². The highest BCUT2D eigenvalue weighted by atomic mass is 79.9. The van der Waals surface area contributed by atoms with Crippen LogP contribution < -0.4 is 0 Å². The topological polar surface area (TPSA) is 0 Å². The molecule has 0 saturated carbocycles. The summed E-state index contributed by atoms with van der Waals surface area (Å²) in [5.41, 5.74) is 0. The molecule has 0 saturated heterocycles. The molecule has 0 radical (unpaired) electrons. The molecule has 0 aliphatic heterocycles. The zero-order valence-corrected chi connectivity index (χ0v) is 15.8. The maximum atomic E-state index is 3.87. The molecular formula is C18H36BBr. The third-order valence-electron chi connectivity index (χ3n) is 4.10. The molecule has 0 unspecified atom stereocenters. The highest BCUT2D eigenvalue weighted by Gasteiger charge is 2.16. The van der Waals surface area contributed by atoms with Crippen LogP contribution in [-0.4, -0.2) is 6.71 Å². The highest BCUT2D eigenvalue weighted by molar-refractivity contribution is 9.12. The lowest BCUT2D eigenvalue weighted by atomic mass is 9.43. The van der Waals surface area contributed by atoms with Crippen LogP contribution in [0.2, 0.25) is 12.6 Å². The first-order valence-corrected chi connectivity index (χ1v) is 9.91. The second-order valence-electron chi connectivity index (χ2n) is 6.13. The SMILES string of the molecule is CCCC/C=C(\Br)B(CCCCCC)CCCCCC. The second kappa shape index (κ2) is 15.7. The van der Waals surface area contributed by atoms with Gasteiger partial charge in [0, 0.05) is 0 Å². The van der Waals surface area contributed by atoms with Crippen LogP contribution in [0.3, 0.4) is 0 Å². The fourth-order valence-electron chi connectivity index (χ4n) is 2.67. The number of rotatable bonds is 14. The van der Waals surface area contributed by atoms with E-state index >= 15 is 0 Å². The van der Waals surface area contributed by atoms with Crippen molar-refractivity contribution < 1.29 is 0 Å². The third-order valence-corrected chi connectivity index (χ3v) is 5.07. The van der Waals surface area contributed by atoms with Gasteiger partial charge in [-0.05, 0) is 10.8 Å². The van der Waals surface area contributed by atoms with Gasteiger partial charge >= 0.3 is 0 Å². The van der Waals surface area contributed by atoms with Gasteiger partial charge in [0.05, 0.1) is 0 Å². The first-order chi connectivity index (χ1) is 9.76. The van der Waals surface area contributed by atoms with Crippen molar-refractivity contribution in [3.05, 3.63) is 10.5 Å². The molecule has 0 spiro atoms. The lowest BCUT2D eigenvalue weighted by molar-refractivity contribution is 0.686. The van der Waals surface area contributed by atoms with Gasteiger partial charge in [-0.25, -0.2) is 0 Å². The maximum absolute atomic E-state index is 3.87. The van der Waals surface area contributed by atoms with Gasteiger partial charge in [-0.15, -0.1) is 0 Å². The van der Waals surface area contributed by atoms with Crippen LogP contribution in [0.1, 0.15) is 91.4 Å². The monoisotopic (exact) mass is 342 g/mol. The van der Waals surface area contributed by atoms with Crippen LogP contribution in [0.4, 0.5) is 0 Å². The molecule has 118 valence electrons. The van der Waals surface area contributed by atoms with Gasteiger partial charge in [0.1, 0.15) is 0 Å². The summed E-state index contributed by atoms with van der Waals surface area (Å²) in [5.74, 6) is 0. The van der Waals surface area contributed by atoms with Gasteiger partial charge in [0.25, 0.3) is 0 Å². The molecule has 20 heavy (non-hydrogen) atoms. The predicted octanol–water partition coefficient (Wildman–Crippen LogP) is 7.65. The summed E-state index contributed by atoms with van der Waals surface area (Å²) in [5, 5.41) is 0. The minimum absolute atomic E-state index is 0.792. The van der Waals surface area contributed by atoms with Gasteiger partial charge < -0.3 is 0 Å². The van der Waals surface area contributed by atoms with Gasteiger partial charge in [-0.3, -0.25) is 0 Å². The zero-order chi connectivity index (χ0) is 15.1. The van der Waals surface area contributed by atoms with Crippen molar-refractivity contribution in [2.24, 2.45) is 0 Å². The minimum atomic E-state index is 0.792. The first-order valence-electron chi connectivity index (χ1n) is 9.11. The number of hydrogen-bond acceptors (Lipinski definition) is 0. The summed E-state index contributed by atoms with van der Waals surface area (Å²) in [6.07, 6.45) is 20.2. The Morgan fingerprint density at radius 2 is 1.25 bits per heavy atom. The van der Waals surface area contributed by atoms with Gasteiger partial charge in [0.15, 0.2) is 6.71 Å². The van der Waals surface area contributed by atoms with E-state index in [0.29, 0.717) is 0 Å². The molecule has 0 atom stereocenters. The van der Waals surface area contributed by atoms with E-state index in [9.17, 15) is 0 Å². The quantitative estimate of drug-likeness (QED) is 0.224. The van der Waals surface area contributed by atoms with Crippen LogP contribution in [0.5, 0.6) is 0 Å². The molecule has 0 nitrogen and oxygen atoms in total. The molecule has 0 amide bonds. The average Bonchev–Trinajstić information content (AvgIpc) is 2.45. The predicted molar refractivity (Wildman–Crippen MR) is 100 cm³/mol. The normalized spacial score (nSPS) is 11.9. The molecule has 0 bridgehead atoms. The van der Waals surface area contributed by atoms with Crippen molar-refractivity contribution >= 4 is 22.6 Å². The molecule has 0 N–H and O–H groups in total. The Hall–Kier alpha value is 0.285. The largest absolute Gasteiger partial charge is 0.184 e. The first kappa shape index (κ1) is 20.3. The summed E-state index contributed by atoms with van der Waals surface area (Å²) in [4.78, 5) is 0. The van der Waals surface area contributed by atoms with Crippen LogP contribution in [0.25, 0.3) is 0 Å². The standard InChI is InChI=1S/C18H36BBr/c1-4-7-10-13-16-19(17-14-11-8-5-2)18(20)15-12-9-6-3/h15H,4-14,16-17H2,1-3H3/b18-15-. The lowest BCUT2D eigenvalue weighted by Gasteiger charge is -2.13. The fraction of sp³-hybridized carbons (Fsp3) is 0.889. The number of allylic oxidation sites excluding steroid dienone is 1. The molecule has 0 aromatic heterocycles. The second-order valence-corrected chi connectivity index (χ2v) is 7.04. The molecule has 2 heteroatoms. The third kappa shape index (κ3) is 12.1. The van der Waals surface area contributed by atoms with Crippen molar-refractivity contribution in [2.45, 2.75) is 104 Å². The average molecular weight is 343 g/mol. The Morgan fingerprint density at radius 1 is 0.750 bits per heavy atom. The number of hydrogen-bond donors (Lipinski definition) is 0. The molecule has 0 aromatic carbocycles. The molecule has 0 aromatic rings. The Balaban J connectivity index is 4.10. The molecule has 0 fully saturated rings. The van der Waals surface area contributed by atoms with Crippen molar-refractivity contribution in [3.8, 4) is 0 Å². The van der Waals surface area contributed by atoms with E-state index in [1.807, 2.05) is 0 Å². The number of halogens is 1. The number of unbranched alkanes of at least 4 members (excludes halogenated alkanes) is 8. The molecule has 0 heterocycles. The van der Waals surface area contributed by atoms with E-state index in [4.69, 9.17) is 0 Å². The summed E-state index contributed by atoms with van der Waals surface area (Å²) in [6.45, 7) is 7.65. The molecule has 0 aliphatic carbocycles. The smallest absolute Gasteiger partial charge is 0.0834 e. The van der Waals surface area contributed by atoms with Crippen molar-refractivity contribution in [1.29, 1.82) is 0 Å². The van der Waals surface area contributed by atoms with E-state index in [0.717, 1.165) is 6.71 Å². The van der Waals surface area contributed by atoms with Gasteiger partial charge in [-0.1, -0.05) is 120 Å². The van der Waals surface area contributed by atoms with E-state index < -0.39 is 0 Å². The van der Waals surface area contributed by atoms with Crippen molar-refractivity contribution in [2.75, 3.05) is 0 Å². The zero-order valence-electron chi connectivity index (χ0n) is 14.2. The Morgan fingerprint density at radius 3 is 1.70 bits per heavy atom. The van der Waals surface area contributed by atoms with E-state index in [2.05, 4.69) is 42.8 Å². The van der Waals surface area contributed by atoms with E-state index in [-0.39, 0.29) is 0 Å². The summed E-state index contributed by atoms with van der Waals surface area (Å²) in [6, 6.07) is 0. The highest BCUT2D eigenvalue weighted by Crippen LogP contribution is 2.23. The molecule has 0 aliphatic rings. The van der Waals surface area contributed by atoms with Gasteiger partial charge in [0.2, 0.25) is 0 Å². The van der Waals surface area contributed by atoms with Gasteiger partial charge in [-0.2, -0.15) is 0 Å². The summed E-state index contributed by atoms with van der Waals surface area (Å²) < 4.78 is 1.50. The minimum Gasteiger partial charge on any atom is -0.0834 e. The molecular weight excluding hydrogens is 307 g/mol. The van der Waals surface area contributed by atoms with Crippen molar-refractivity contribution in [1.82, 2.24) is 0 Å². The summed E-state index contributed by atoms with van der Waals surface area (Å²) >= 11 is 3.87. The fourth-order valence-corrected chi connectivity index (χ4v) is 3.35. The summed E-state index contributed by atoms with van der Waals surface area (Å²) in [7, 11) is 0. The van der Waals surface area contributed by atoms with E-state index in [1.54, 1.807) is 0 Å². The van der Waals surface area contributed by atoms with Crippen molar-refractivity contribution in [3.63, 3.8) is 0 Å².